The molecule has 2 heterocycles. The number of nitrogens with one attached hydrogen (secondary N) is 3. The fraction of sp³-hybridized carbons (Fsp3) is 0.861. The number of allylic oxidation sites excluding steroid dienone is 2. The van der Waals surface area contributed by atoms with Crippen LogP contribution in [0.2, 0.25) is 0 Å². The Morgan fingerprint density at radius 3 is 1.34 bits per heavy atom. The second-order valence-corrected chi connectivity index (χ2v) is 32.8. The van der Waals surface area contributed by atoms with Gasteiger partial charge in [0.2, 0.25) is 5.91 Å². The third kappa shape index (κ3) is 19.5. The summed E-state index contributed by atoms with van der Waals surface area (Å²) < 4.78 is 57.4. The van der Waals surface area contributed by atoms with Gasteiger partial charge < -0.3 is 58.6 Å². The maximum absolute atomic E-state index is 15.8. The Hall–Kier alpha value is -4.99. The normalized spacial score (nSPS) is 35.0. The number of carbonyl (C=O) groups is 9. The lowest BCUT2D eigenvalue weighted by atomic mass is 9.33. The summed E-state index contributed by atoms with van der Waals surface area (Å²) in [5, 5.41) is 9.21. The van der Waals surface area contributed by atoms with Gasteiger partial charge in [0.05, 0.1) is 6.10 Å². The van der Waals surface area contributed by atoms with E-state index in [-0.39, 0.29) is 53.4 Å². The molecule has 0 aromatic carbocycles. The Morgan fingerprint density at radius 2 is 0.870 bits per heavy atom. The van der Waals surface area contributed by atoms with Gasteiger partial charge in [-0.15, -0.1) is 0 Å². The van der Waals surface area contributed by atoms with Gasteiger partial charge >= 0.3 is 29.8 Å². The molecule has 6 fully saturated rings. The lowest BCUT2D eigenvalue weighted by Gasteiger charge is -2.70. The molecule has 2 saturated heterocycles. The smallest absolute Gasteiger partial charge is 0.303 e. The quantitative estimate of drug-likeness (QED) is 0.0228. The predicted octanol–water partition coefficient (Wildman–Crippen LogP) is 13.4. The molecule has 3 N–H and O–H groups in total. The Labute approximate surface area is 598 Å². The molecule has 7 aliphatic rings. The van der Waals surface area contributed by atoms with Crippen LogP contribution in [0.1, 0.15) is 296 Å². The fourth-order valence-electron chi connectivity index (χ4n) is 19.2. The molecule has 100 heavy (non-hydrogen) atoms. The van der Waals surface area contributed by atoms with Crippen molar-refractivity contribution in [3.05, 3.63) is 11.6 Å². The van der Waals surface area contributed by atoms with Crippen molar-refractivity contribution in [3.8, 4) is 0 Å². The Bertz CT molecular complexity index is 2830. The Kier molecular flexibility index (Phi) is 30.1. The van der Waals surface area contributed by atoms with Crippen LogP contribution in [0.4, 0.5) is 0 Å². The molecule has 0 bridgehead atoms. The van der Waals surface area contributed by atoms with E-state index in [1.165, 1.54) is 37.7 Å². The first-order chi connectivity index (χ1) is 47.4. The van der Waals surface area contributed by atoms with Crippen LogP contribution >= 0.6 is 0 Å². The van der Waals surface area contributed by atoms with E-state index in [9.17, 15) is 38.4 Å². The van der Waals surface area contributed by atoms with Gasteiger partial charge in [-0.2, -0.15) is 0 Å². The van der Waals surface area contributed by atoms with Gasteiger partial charge in [-0.1, -0.05) is 190 Å². The monoisotopic (exact) mass is 1410 g/mol. The maximum atomic E-state index is 15.8. The van der Waals surface area contributed by atoms with Crippen LogP contribution in [-0.4, -0.2) is 141 Å². The topological polar surface area (TPSA) is 273 Å². The largest absolute Gasteiger partial charge is 0.455 e. The number of unbranched alkanes of at least 4 members (excludes halogenated alkanes) is 18. The SMILES string of the molecule is CCCCCCCCCNC(=O)C1OC(OC2C(OC3CCC4(C)C(CCC5(C)C4C(=O)C=C4C6CC(C)(C(=O)NCCCCCCCCC)CCC6(C)CCC45C)C3(C)C)OC(C(=O)NCCCCCCCCC)C(OC(C)=O)C2OC(C)=O)C(OC(C)=O)C(OC(C)=O)C1OC(C)=O. The first-order valence-corrected chi connectivity index (χ1v) is 38.9. The highest BCUT2D eigenvalue weighted by molar-refractivity contribution is 5.96. The molecule has 21 heteroatoms. The number of ketones is 1. The van der Waals surface area contributed by atoms with Crippen molar-refractivity contribution in [1.29, 1.82) is 0 Å². The Balaban J connectivity index is 1.24. The summed E-state index contributed by atoms with van der Waals surface area (Å²) in [6.45, 7) is 29.0. The molecule has 0 radical (unpaired) electrons. The summed E-state index contributed by atoms with van der Waals surface area (Å²) >= 11 is 0. The number of carbonyl (C=O) groups excluding carboxylic acids is 9. The number of esters is 5. The van der Waals surface area contributed by atoms with E-state index in [0.717, 1.165) is 163 Å². The van der Waals surface area contributed by atoms with E-state index in [0.29, 0.717) is 38.6 Å². The number of rotatable bonds is 36. The van der Waals surface area contributed by atoms with Crippen LogP contribution in [-0.2, 0) is 85.8 Å². The zero-order chi connectivity index (χ0) is 73.4. The average Bonchev–Trinajstić information content (AvgIpc) is 0.673. The summed E-state index contributed by atoms with van der Waals surface area (Å²) in [7, 11) is 0. The third-order valence-corrected chi connectivity index (χ3v) is 24.9. The van der Waals surface area contributed by atoms with Crippen LogP contribution in [0.3, 0.4) is 0 Å². The second kappa shape index (κ2) is 36.6. The van der Waals surface area contributed by atoms with Crippen molar-refractivity contribution < 1.29 is 85.8 Å². The van der Waals surface area contributed by atoms with Gasteiger partial charge in [0.15, 0.2) is 67.2 Å². The highest BCUT2D eigenvalue weighted by Gasteiger charge is 2.71. The maximum Gasteiger partial charge on any atom is 0.303 e. The van der Waals surface area contributed by atoms with Crippen LogP contribution < -0.4 is 16.0 Å². The molecular formula is C79H129N3O18. The summed E-state index contributed by atoms with van der Waals surface area (Å²) in [6.07, 6.45) is 12.3. The van der Waals surface area contributed by atoms with Gasteiger partial charge in [-0.05, 0) is 122 Å². The summed E-state index contributed by atoms with van der Waals surface area (Å²) in [4.78, 5) is 126. The number of ether oxygens (including phenoxy) is 9. The first-order valence-electron chi connectivity index (χ1n) is 38.9. The highest BCUT2D eigenvalue weighted by Crippen LogP contribution is 2.75. The molecule has 19 atom stereocenters. The van der Waals surface area contributed by atoms with E-state index >= 15 is 4.79 Å². The summed E-state index contributed by atoms with van der Waals surface area (Å²) in [5.41, 5.74) is -1.52. The van der Waals surface area contributed by atoms with E-state index in [2.05, 4.69) is 85.2 Å². The van der Waals surface area contributed by atoms with E-state index in [1.54, 1.807) is 0 Å². The first kappa shape index (κ1) is 82.3. The zero-order valence-corrected chi connectivity index (χ0v) is 63.8. The molecule has 4 saturated carbocycles. The molecule has 2 aliphatic heterocycles. The minimum Gasteiger partial charge on any atom is -0.455 e. The molecule has 0 spiro atoms. The van der Waals surface area contributed by atoms with Crippen LogP contribution in [0.5, 0.6) is 0 Å². The van der Waals surface area contributed by atoms with Gasteiger partial charge in [0.1, 0.15) is 0 Å². The molecule has 7 rings (SSSR count). The van der Waals surface area contributed by atoms with Crippen molar-refractivity contribution in [2.24, 2.45) is 50.2 Å². The van der Waals surface area contributed by atoms with Gasteiger partial charge in [-0.3, -0.25) is 43.2 Å². The predicted molar refractivity (Wildman–Crippen MR) is 377 cm³/mol. The number of hydrogen-bond donors (Lipinski definition) is 3. The number of hydrogen-bond acceptors (Lipinski definition) is 18. The summed E-state index contributed by atoms with van der Waals surface area (Å²) in [5.74, 6) is -6.10. The molecule has 5 aliphatic carbocycles. The van der Waals surface area contributed by atoms with E-state index < -0.39 is 131 Å². The van der Waals surface area contributed by atoms with E-state index in [1.807, 2.05) is 6.08 Å². The second-order valence-electron chi connectivity index (χ2n) is 32.8. The minimum atomic E-state index is -1.94. The van der Waals surface area contributed by atoms with Crippen molar-refractivity contribution >= 4 is 53.4 Å². The van der Waals surface area contributed by atoms with Crippen LogP contribution in [0, 0.1) is 50.2 Å². The minimum absolute atomic E-state index is 0.0574. The lowest BCUT2D eigenvalue weighted by molar-refractivity contribution is -0.370. The van der Waals surface area contributed by atoms with Crippen LogP contribution in [0.15, 0.2) is 11.6 Å². The van der Waals surface area contributed by atoms with Gasteiger partial charge in [0.25, 0.3) is 11.8 Å². The number of amides is 3. The van der Waals surface area contributed by atoms with Crippen LogP contribution in [0.25, 0.3) is 0 Å². The number of fused-ring (bicyclic) bond motifs is 7. The third-order valence-electron chi connectivity index (χ3n) is 24.9. The van der Waals surface area contributed by atoms with Gasteiger partial charge in [0, 0.05) is 65.6 Å². The molecule has 19 unspecified atom stereocenters. The van der Waals surface area contributed by atoms with Crippen molar-refractivity contribution in [1.82, 2.24) is 16.0 Å². The average molecular weight is 1410 g/mol. The zero-order valence-electron chi connectivity index (χ0n) is 63.8. The van der Waals surface area contributed by atoms with Crippen molar-refractivity contribution in [2.75, 3.05) is 19.6 Å². The Morgan fingerprint density at radius 1 is 0.460 bits per heavy atom. The molecular weight excluding hydrogens is 1280 g/mol. The fourth-order valence-corrected chi connectivity index (χ4v) is 19.2. The molecule has 21 nitrogen and oxygen atoms in total. The standard InChI is InChI=1S/C79H129N3O18/c1-16-19-22-25-28-31-34-45-80-69(89)64-61(93-51(5)84)63(95-53(7)86)67(100-72-66(96-54(8)87)62(94-52(6)85)60(92-50(4)83)65(99-72)70(90)81-46-35-32-29-26-23-20-17-2)71(98-64)97-59-38-39-77(13)58(74(59,9)10)37-40-79(15)68(77)57(88)48-55-56-49-76(12,42-41-75(56,11)43-44-78(55,79)14)73(91)82-47-36-33-30-27-24-21-18-3/h48,56,58-68,71-72H,16-47,49H2,1-15H3,(H,80,89)(H,81,90)(H,82,91). The van der Waals surface area contributed by atoms with Crippen molar-refractivity contribution in [2.45, 2.75) is 364 Å². The molecule has 568 valence electrons. The highest BCUT2D eigenvalue weighted by atomic mass is 16.8. The van der Waals surface area contributed by atoms with Crippen molar-refractivity contribution in [3.63, 3.8) is 0 Å². The molecule has 0 aromatic rings. The summed E-state index contributed by atoms with van der Waals surface area (Å²) in [6, 6.07) is 0. The van der Waals surface area contributed by atoms with E-state index in [4.69, 9.17) is 42.6 Å². The van der Waals surface area contributed by atoms with Gasteiger partial charge in [-0.25, -0.2) is 0 Å². The lowest BCUT2D eigenvalue weighted by Crippen LogP contribution is -2.70. The molecule has 0 aromatic heterocycles. The molecule has 3 amide bonds.